The van der Waals surface area contributed by atoms with Gasteiger partial charge in [-0.15, -0.1) is 0 Å². The van der Waals surface area contributed by atoms with Gasteiger partial charge in [-0.1, -0.05) is 0 Å². The molecule has 0 spiro atoms. The standard InChI is InChI=1S/C22H35NO6/c1-24-17-6-13-8-23-4-3-12-5-18-21(29-11-27-18)22(25-2)19(12)16(23)7-14(13)15-9-26-10-28-20(15)17/h12-22H,3-11H2,1-2H3/p+1. The number of fused-ring (bicyclic) bond motifs is 7. The van der Waals surface area contributed by atoms with Crippen molar-refractivity contribution in [1.29, 1.82) is 0 Å². The van der Waals surface area contributed by atoms with Crippen molar-refractivity contribution in [1.82, 2.24) is 0 Å². The maximum atomic E-state index is 6.11. The number of piperidine rings is 2. The monoisotopic (exact) mass is 410 g/mol. The topological polar surface area (TPSA) is 59.8 Å². The van der Waals surface area contributed by atoms with Crippen molar-refractivity contribution in [2.45, 2.75) is 62.2 Å². The summed E-state index contributed by atoms with van der Waals surface area (Å²) in [5, 5.41) is 0. The van der Waals surface area contributed by atoms with Crippen LogP contribution in [0, 0.1) is 29.6 Å². The van der Waals surface area contributed by atoms with E-state index in [0.29, 0.717) is 49.2 Å². The van der Waals surface area contributed by atoms with Crippen LogP contribution in [0.3, 0.4) is 0 Å². The van der Waals surface area contributed by atoms with E-state index >= 15 is 0 Å². The first-order chi connectivity index (χ1) is 14.3. The fourth-order valence-electron chi connectivity index (χ4n) is 8.12. The average molecular weight is 411 g/mol. The van der Waals surface area contributed by atoms with Crippen LogP contribution in [0.15, 0.2) is 0 Å². The van der Waals surface area contributed by atoms with Gasteiger partial charge >= 0.3 is 0 Å². The SMILES string of the molecule is COC1CC2C[NH+]3CCC4CC5OCOC5C(OC)C4C3CC2C2COCOC12. The van der Waals surface area contributed by atoms with E-state index in [1.807, 2.05) is 14.2 Å². The molecule has 2 aliphatic carbocycles. The van der Waals surface area contributed by atoms with Crippen LogP contribution in [-0.2, 0) is 28.4 Å². The summed E-state index contributed by atoms with van der Waals surface area (Å²) in [6, 6.07) is 0.645. The molecule has 12 atom stereocenters. The number of hydrogen-bond donors (Lipinski definition) is 1. The summed E-state index contributed by atoms with van der Waals surface area (Å²) >= 11 is 0. The van der Waals surface area contributed by atoms with Crippen molar-refractivity contribution in [2.24, 2.45) is 29.6 Å². The summed E-state index contributed by atoms with van der Waals surface area (Å²) in [7, 11) is 3.71. The van der Waals surface area contributed by atoms with Crippen molar-refractivity contribution in [3.63, 3.8) is 0 Å². The van der Waals surface area contributed by atoms with Crippen LogP contribution >= 0.6 is 0 Å². The third-order valence-corrected chi connectivity index (χ3v) is 9.28. The lowest BCUT2D eigenvalue weighted by molar-refractivity contribution is -0.948. The molecule has 0 amide bonds. The Bertz CT molecular complexity index is 606. The maximum absolute atomic E-state index is 6.11. The highest BCUT2D eigenvalue weighted by molar-refractivity contribution is 5.04. The molecule has 4 saturated heterocycles. The van der Waals surface area contributed by atoms with E-state index in [2.05, 4.69) is 0 Å². The van der Waals surface area contributed by atoms with Crippen LogP contribution in [0.2, 0.25) is 0 Å². The van der Waals surface area contributed by atoms with Crippen LogP contribution in [0.1, 0.15) is 25.7 Å². The van der Waals surface area contributed by atoms with Crippen LogP contribution in [0.4, 0.5) is 0 Å². The van der Waals surface area contributed by atoms with Crippen molar-refractivity contribution in [2.75, 3.05) is 47.5 Å². The molecule has 0 radical (unpaired) electrons. The van der Waals surface area contributed by atoms with Crippen molar-refractivity contribution in [3.8, 4) is 0 Å². The minimum Gasteiger partial charge on any atom is -0.379 e. The van der Waals surface area contributed by atoms with E-state index in [-0.39, 0.29) is 30.5 Å². The highest BCUT2D eigenvalue weighted by Crippen LogP contribution is 2.48. The Morgan fingerprint density at radius 2 is 1.76 bits per heavy atom. The van der Waals surface area contributed by atoms with E-state index in [9.17, 15) is 0 Å². The third-order valence-electron chi connectivity index (χ3n) is 9.28. The highest BCUT2D eigenvalue weighted by atomic mass is 16.7. The quantitative estimate of drug-likeness (QED) is 0.696. The van der Waals surface area contributed by atoms with E-state index in [1.54, 1.807) is 4.90 Å². The van der Waals surface area contributed by atoms with Gasteiger partial charge in [0.05, 0.1) is 50.2 Å². The first-order valence-corrected chi connectivity index (χ1v) is 11.6. The molecule has 6 rings (SSSR count). The number of methoxy groups -OCH3 is 2. The van der Waals surface area contributed by atoms with Gasteiger partial charge in [0.25, 0.3) is 0 Å². The molecule has 6 aliphatic rings. The Morgan fingerprint density at radius 1 is 0.862 bits per heavy atom. The molecule has 0 bridgehead atoms. The molecular weight excluding hydrogens is 374 g/mol. The molecule has 0 aromatic heterocycles. The lowest BCUT2D eigenvalue weighted by Crippen LogP contribution is -3.20. The van der Waals surface area contributed by atoms with Crippen molar-refractivity contribution >= 4 is 0 Å². The second kappa shape index (κ2) is 7.69. The summed E-state index contributed by atoms with van der Waals surface area (Å²) in [4.78, 5) is 1.79. The van der Waals surface area contributed by atoms with Crippen LogP contribution in [0.25, 0.3) is 0 Å². The Balaban J connectivity index is 1.27. The summed E-state index contributed by atoms with van der Waals surface area (Å²) in [6.07, 6.45) is 5.69. The molecule has 6 fully saturated rings. The zero-order chi connectivity index (χ0) is 19.5. The van der Waals surface area contributed by atoms with Crippen molar-refractivity contribution in [3.05, 3.63) is 0 Å². The summed E-state index contributed by atoms with van der Waals surface area (Å²) < 4.78 is 35.7. The zero-order valence-corrected chi connectivity index (χ0v) is 17.7. The molecular formula is C22H36NO6+. The van der Waals surface area contributed by atoms with Crippen LogP contribution < -0.4 is 4.90 Å². The Kier molecular flexibility index (Phi) is 5.15. The van der Waals surface area contributed by atoms with E-state index < -0.39 is 0 Å². The number of hydrogen-bond acceptors (Lipinski definition) is 6. The number of rotatable bonds is 2. The highest BCUT2D eigenvalue weighted by Gasteiger charge is 2.60. The first kappa shape index (κ1) is 19.4. The molecule has 164 valence electrons. The third kappa shape index (κ3) is 3.04. The zero-order valence-electron chi connectivity index (χ0n) is 17.7. The normalized spacial score (nSPS) is 56.5. The van der Waals surface area contributed by atoms with E-state index in [0.717, 1.165) is 19.4 Å². The van der Waals surface area contributed by atoms with Crippen LogP contribution in [0.5, 0.6) is 0 Å². The molecule has 0 aromatic rings. The molecule has 29 heavy (non-hydrogen) atoms. The number of quaternary nitrogens is 1. The predicted molar refractivity (Wildman–Crippen MR) is 102 cm³/mol. The molecule has 4 heterocycles. The fraction of sp³-hybridized carbons (Fsp3) is 1.00. The van der Waals surface area contributed by atoms with E-state index in [4.69, 9.17) is 28.4 Å². The van der Waals surface area contributed by atoms with Crippen molar-refractivity contribution < 1.29 is 33.3 Å². The minimum atomic E-state index is 0.108. The molecule has 0 aromatic carbocycles. The predicted octanol–water partition coefficient (Wildman–Crippen LogP) is 0.0801. The average Bonchev–Trinajstić information content (AvgIpc) is 3.24. The number of ether oxygens (including phenoxy) is 6. The molecule has 1 N–H and O–H groups in total. The van der Waals surface area contributed by atoms with Gasteiger partial charge in [-0.05, 0) is 24.7 Å². The van der Waals surface area contributed by atoms with Gasteiger partial charge in [0.2, 0.25) is 0 Å². The summed E-state index contributed by atoms with van der Waals surface area (Å²) in [5.41, 5.74) is 0. The molecule has 7 nitrogen and oxygen atoms in total. The lowest BCUT2D eigenvalue weighted by Gasteiger charge is -2.57. The number of nitrogens with one attached hydrogen (secondary N) is 1. The molecule has 4 aliphatic heterocycles. The fourth-order valence-corrected chi connectivity index (χ4v) is 8.12. The van der Waals surface area contributed by atoms with Gasteiger partial charge in [-0.3, -0.25) is 0 Å². The summed E-state index contributed by atoms with van der Waals surface area (Å²) in [6.45, 7) is 4.19. The summed E-state index contributed by atoms with van der Waals surface area (Å²) in [5.74, 6) is 3.08. The van der Waals surface area contributed by atoms with Gasteiger partial charge < -0.3 is 33.3 Å². The Hall–Kier alpha value is -0.280. The van der Waals surface area contributed by atoms with Gasteiger partial charge in [0, 0.05) is 44.8 Å². The van der Waals surface area contributed by atoms with Gasteiger partial charge in [-0.25, -0.2) is 0 Å². The lowest BCUT2D eigenvalue weighted by atomic mass is 9.59. The first-order valence-electron chi connectivity index (χ1n) is 11.6. The van der Waals surface area contributed by atoms with Crippen LogP contribution in [-0.4, -0.2) is 84.1 Å². The Labute approximate surface area is 173 Å². The molecule has 2 saturated carbocycles. The maximum Gasteiger partial charge on any atom is 0.147 e. The van der Waals surface area contributed by atoms with Gasteiger partial charge in [0.1, 0.15) is 19.7 Å². The second-order valence-electron chi connectivity index (χ2n) is 10.2. The minimum absolute atomic E-state index is 0.108. The smallest absolute Gasteiger partial charge is 0.147 e. The van der Waals surface area contributed by atoms with Gasteiger partial charge in [-0.2, -0.15) is 0 Å². The molecule has 12 unspecified atom stereocenters. The second-order valence-corrected chi connectivity index (χ2v) is 10.2. The molecule has 7 heteroatoms. The van der Waals surface area contributed by atoms with E-state index in [1.165, 1.54) is 25.9 Å². The van der Waals surface area contributed by atoms with Gasteiger partial charge in [0.15, 0.2) is 0 Å². The Morgan fingerprint density at radius 3 is 2.62 bits per heavy atom. The largest absolute Gasteiger partial charge is 0.379 e.